The molecule has 0 spiro atoms. The van der Waals surface area contributed by atoms with Crippen LogP contribution in [0.1, 0.15) is 20.8 Å². The lowest BCUT2D eigenvalue weighted by Crippen LogP contribution is -2.62. The Balaban J connectivity index is 2.70. The van der Waals surface area contributed by atoms with Crippen molar-refractivity contribution < 1.29 is 4.79 Å². The van der Waals surface area contributed by atoms with Crippen LogP contribution in [0.15, 0.2) is 0 Å². The molecule has 0 aromatic carbocycles. The summed E-state index contributed by atoms with van der Waals surface area (Å²) in [7, 11) is 0. The maximum Gasteiger partial charge on any atom is 0.228 e. The highest BCUT2D eigenvalue weighted by Crippen LogP contribution is 2.13. The van der Waals surface area contributed by atoms with Crippen molar-refractivity contribution in [2.75, 3.05) is 6.54 Å². The zero-order chi connectivity index (χ0) is 8.65. The Labute approximate surface area is 66.1 Å². The highest BCUT2D eigenvalue weighted by Gasteiger charge is 2.30. The van der Waals surface area contributed by atoms with E-state index in [9.17, 15) is 10.0 Å². The Kier molecular flexibility index (Phi) is 1.90. The van der Waals surface area contributed by atoms with Gasteiger partial charge in [0, 0.05) is 12.1 Å². The number of hydroxylamine groups is 2. The zero-order valence-electron chi connectivity index (χ0n) is 7.05. The highest BCUT2D eigenvalue weighted by atomic mass is 16.5. The SMILES string of the molecule is CC1NC(C)(C)CN([O-])C1=O. The van der Waals surface area contributed by atoms with Crippen LogP contribution in [0.25, 0.3) is 0 Å². The predicted octanol–water partition coefficient (Wildman–Crippen LogP) is 0.0831. The molecule has 1 N–H and O–H groups in total. The molecule has 1 saturated heterocycles. The number of rotatable bonds is 0. The van der Waals surface area contributed by atoms with Crippen LogP contribution < -0.4 is 5.32 Å². The highest BCUT2D eigenvalue weighted by molar-refractivity contribution is 5.82. The minimum Gasteiger partial charge on any atom is -0.756 e. The molecule has 1 fully saturated rings. The average Bonchev–Trinajstić information content (AvgIpc) is 1.81. The number of hydrogen-bond donors (Lipinski definition) is 1. The molecule has 1 unspecified atom stereocenters. The fraction of sp³-hybridized carbons (Fsp3) is 0.857. The molecule has 0 saturated carbocycles. The molecule has 1 amide bonds. The maximum atomic E-state index is 11.0. The summed E-state index contributed by atoms with van der Waals surface area (Å²) in [5, 5.41) is 14.5. The van der Waals surface area contributed by atoms with Crippen LogP contribution in [0.3, 0.4) is 0 Å². The minimum absolute atomic E-state index is 0.232. The number of amides is 1. The molecule has 0 aliphatic carbocycles. The number of piperazine rings is 1. The van der Waals surface area contributed by atoms with Crippen LogP contribution >= 0.6 is 0 Å². The second-order valence-electron chi connectivity index (χ2n) is 3.62. The van der Waals surface area contributed by atoms with Gasteiger partial charge in [0.1, 0.15) is 0 Å². The van der Waals surface area contributed by atoms with E-state index in [-0.39, 0.29) is 24.0 Å². The monoisotopic (exact) mass is 157 g/mol. The van der Waals surface area contributed by atoms with Gasteiger partial charge in [-0.25, -0.2) is 0 Å². The van der Waals surface area contributed by atoms with Gasteiger partial charge in [-0.1, -0.05) is 0 Å². The summed E-state index contributed by atoms with van der Waals surface area (Å²) in [5.41, 5.74) is -0.255. The van der Waals surface area contributed by atoms with Crippen molar-refractivity contribution >= 4 is 5.91 Å². The molecule has 11 heavy (non-hydrogen) atoms. The number of nitrogens with zero attached hydrogens (tertiary/aromatic N) is 1. The predicted molar refractivity (Wildman–Crippen MR) is 41.8 cm³/mol. The van der Waals surface area contributed by atoms with E-state index in [1.54, 1.807) is 6.92 Å². The summed E-state index contributed by atoms with van der Waals surface area (Å²) >= 11 is 0. The molecule has 1 heterocycles. The first-order valence-electron chi connectivity index (χ1n) is 3.68. The normalized spacial score (nSPS) is 30.7. The van der Waals surface area contributed by atoms with Gasteiger partial charge < -0.3 is 10.3 Å². The van der Waals surface area contributed by atoms with Crippen molar-refractivity contribution in [3.63, 3.8) is 0 Å². The second kappa shape index (κ2) is 2.46. The lowest BCUT2D eigenvalue weighted by atomic mass is 10.0. The molecular weight excluding hydrogens is 144 g/mol. The number of carbonyl (C=O) groups excluding carboxylic acids is 1. The summed E-state index contributed by atoms with van der Waals surface area (Å²) < 4.78 is 0. The Morgan fingerprint density at radius 2 is 2.27 bits per heavy atom. The van der Waals surface area contributed by atoms with Crippen molar-refractivity contribution in [1.29, 1.82) is 0 Å². The summed E-state index contributed by atoms with van der Waals surface area (Å²) in [5.74, 6) is -0.371. The Hall–Kier alpha value is -0.610. The summed E-state index contributed by atoms with van der Waals surface area (Å²) in [6.07, 6.45) is 0. The molecule has 0 bridgehead atoms. The molecule has 0 radical (unpaired) electrons. The molecule has 0 aromatic rings. The smallest absolute Gasteiger partial charge is 0.228 e. The van der Waals surface area contributed by atoms with Crippen molar-refractivity contribution in [3.05, 3.63) is 5.21 Å². The van der Waals surface area contributed by atoms with Gasteiger partial charge in [0.05, 0.1) is 6.04 Å². The molecule has 0 aromatic heterocycles. The summed E-state index contributed by atoms with van der Waals surface area (Å²) in [6, 6.07) is -0.351. The molecule has 4 heteroatoms. The first kappa shape index (κ1) is 8.49. The van der Waals surface area contributed by atoms with Crippen LogP contribution in [0.4, 0.5) is 0 Å². The van der Waals surface area contributed by atoms with Gasteiger partial charge in [-0.15, -0.1) is 0 Å². The van der Waals surface area contributed by atoms with Gasteiger partial charge in [-0.3, -0.25) is 10.1 Å². The third-order valence-electron chi connectivity index (χ3n) is 1.76. The van der Waals surface area contributed by atoms with E-state index in [2.05, 4.69) is 5.32 Å². The molecular formula is C7H13N2O2-. The van der Waals surface area contributed by atoms with Gasteiger partial charge in [0.25, 0.3) is 0 Å². The summed E-state index contributed by atoms with van der Waals surface area (Å²) in [6.45, 7) is 5.74. The Morgan fingerprint density at radius 1 is 1.73 bits per heavy atom. The van der Waals surface area contributed by atoms with Gasteiger partial charge >= 0.3 is 0 Å². The van der Waals surface area contributed by atoms with Crippen LogP contribution in [0, 0.1) is 5.21 Å². The van der Waals surface area contributed by atoms with Gasteiger partial charge in [-0.2, -0.15) is 0 Å². The number of carbonyl (C=O) groups is 1. The first-order chi connectivity index (χ1) is 4.92. The summed E-state index contributed by atoms with van der Waals surface area (Å²) in [4.78, 5) is 11.0. The topological polar surface area (TPSA) is 55.4 Å². The average molecular weight is 157 g/mol. The van der Waals surface area contributed by atoms with E-state index in [0.29, 0.717) is 5.06 Å². The van der Waals surface area contributed by atoms with Crippen LogP contribution in [-0.4, -0.2) is 29.1 Å². The molecule has 1 aliphatic heterocycles. The third kappa shape index (κ3) is 1.70. The lowest BCUT2D eigenvalue weighted by molar-refractivity contribution is -0.134. The van der Waals surface area contributed by atoms with Crippen molar-refractivity contribution in [2.45, 2.75) is 32.4 Å². The van der Waals surface area contributed by atoms with Gasteiger partial charge in [0.15, 0.2) is 0 Å². The van der Waals surface area contributed by atoms with E-state index < -0.39 is 0 Å². The maximum absolute atomic E-state index is 11.0. The van der Waals surface area contributed by atoms with E-state index >= 15 is 0 Å². The van der Waals surface area contributed by atoms with Crippen molar-refractivity contribution in [1.82, 2.24) is 10.4 Å². The number of nitrogens with one attached hydrogen (secondary N) is 1. The van der Waals surface area contributed by atoms with E-state index in [1.165, 1.54) is 0 Å². The minimum atomic E-state index is -0.371. The Bertz CT molecular complexity index is 163. The second-order valence-corrected chi connectivity index (χ2v) is 3.62. The van der Waals surface area contributed by atoms with E-state index in [0.717, 1.165) is 0 Å². The largest absolute Gasteiger partial charge is 0.756 e. The van der Waals surface area contributed by atoms with Crippen molar-refractivity contribution in [3.8, 4) is 0 Å². The van der Waals surface area contributed by atoms with Gasteiger partial charge in [-0.05, 0) is 20.8 Å². The van der Waals surface area contributed by atoms with Gasteiger partial charge in [0.2, 0.25) is 5.91 Å². The molecule has 1 atom stereocenters. The number of hydrogen-bond acceptors (Lipinski definition) is 3. The van der Waals surface area contributed by atoms with E-state index in [1.807, 2.05) is 13.8 Å². The molecule has 1 aliphatic rings. The molecule has 1 rings (SSSR count). The van der Waals surface area contributed by atoms with Crippen LogP contribution in [0.5, 0.6) is 0 Å². The molecule has 4 nitrogen and oxygen atoms in total. The first-order valence-corrected chi connectivity index (χ1v) is 3.68. The lowest BCUT2D eigenvalue weighted by Gasteiger charge is -2.45. The molecule has 64 valence electrons. The fourth-order valence-corrected chi connectivity index (χ4v) is 1.35. The third-order valence-corrected chi connectivity index (χ3v) is 1.76. The quantitative estimate of drug-likeness (QED) is 0.542. The Morgan fingerprint density at radius 3 is 2.73 bits per heavy atom. The zero-order valence-corrected chi connectivity index (χ0v) is 7.05. The van der Waals surface area contributed by atoms with E-state index in [4.69, 9.17) is 0 Å². The van der Waals surface area contributed by atoms with Crippen LogP contribution in [0.2, 0.25) is 0 Å². The standard InChI is InChI=1S/C7H13N2O2/c1-5-6(10)9(11)4-7(2,3)8-5/h5,8H,4H2,1-3H3/q-1. The van der Waals surface area contributed by atoms with Crippen molar-refractivity contribution in [2.24, 2.45) is 0 Å². The van der Waals surface area contributed by atoms with Crippen LogP contribution in [-0.2, 0) is 4.79 Å². The fourth-order valence-electron chi connectivity index (χ4n) is 1.35.